The fourth-order valence-corrected chi connectivity index (χ4v) is 3.19. The van der Waals surface area contributed by atoms with Crippen molar-refractivity contribution in [3.8, 4) is 22.8 Å². The van der Waals surface area contributed by atoms with Crippen molar-refractivity contribution in [2.45, 2.75) is 12.8 Å². The summed E-state index contributed by atoms with van der Waals surface area (Å²) in [5.74, 6) is 2.76. The summed E-state index contributed by atoms with van der Waals surface area (Å²) < 4.78 is 7.45. The molecule has 24 heavy (non-hydrogen) atoms. The second kappa shape index (κ2) is 5.83. The predicted octanol–water partition coefficient (Wildman–Crippen LogP) is 4.13. The molecule has 122 valence electrons. The zero-order valence-corrected chi connectivity index (χ0v) is 14.2. The average Bonchev–Trinajstić information content (AvgIpc) is 2.99. The van der Waals surface area contributed by atoms with Gasteiger partial charge in [-0.1, -0.05) is 30.7 Å². The van der Waals surface area contributed by atoms with Crippen LogP contribution in [0.3, 0.4) is 0 Å². The van der Waals surface area contributed by atoms with Crippen LogP contribution in [0.2, 0.25) is 5.02 Å². The molecule has 5 nitrogen and oxygen atoms in total. The van der Waals surface area contributed by atoms with Gasteiger partial charge in [0.2, 0.25) is 0 Å². The Bertz CT molecular complexity index is 906. The largest absolute Gasteiger partial charge is 0.497 e. The van der Waals surface area contributed by atoms with E-state index in [2.05, 4.69) is 27.0 Å². The van der Waals surface area contributed by atoms with Crippen molar-refractivity contribution in [3.05, 3.63) is 53.3 Å². The van der Waals surface area contributed by atoms with E-state index >= 15 is 0 Å². The third kappa shape index (κ3) is 2.41. The molecule has 2 aromatic carbocycles. The number of halogens is 1. The van der Waals surface area contributed by atoms with Crippen LogP contribution in [-0.4, -0.2) is 28.4 Å². The third-order valence-corrected chi connectivity index (χ3v) is 4.49. The molecule has 0 aliphatic carbocycles. The van der Waals surface area contributed by atoms with Crippen LogP contribution >= 0.6 is 11.6 Å². The molecular weight excluding hydrogens is 324 g/mol. The highest BCUT2D eigenvalue weighted by molar-refractivity contribution is 6.30. The zero-order chi connectivity index (χ0) is 16.7. The third-order valence-electron chi connectivity index (χ3n) is 4.25. The quantitative estimate of drug-likeness (QED) is 0.762. The molecule has 1 aromatic heterocycles. The molecule has 2 heterocycles. The highest BCUT2D eigenvalue weighted by Crippen LogP contribution is 2.35. The monoisotopic (exact) mass is 340 g/mol. The van der Waals surface area contributed by atoms with Gasteiger partial charge in [-0.15, -0.1) is 10.2 Å². The normalized spacial score (nSPS) is 15.9. The summed E-state index contributed by atoms with van der Waals surface area (Å²) in [6.07, 6.45) is 0. The second-order valence-corrected chi connectivity index (χ2v) is 6.33. The number of nitrogens with zero attached hydrogens (tertiary/aromatic N) is 3. The summed E-state index contributed by atoms with van der Waals surface area (Å²) in [7, 11) is 1.67. The molecule has 1 aliphatic heterocycles. The number of aromatic nitrogens is 3. The van der Waals surface area contributed by atoms with E-state index in [1.54, 1.807) is 7.11 Å². The summed E-state index contributed by atoms with van der Waals surface area (Å²) in [6, 6.07) is 13.7. The van der Waals surface area contributed by atoms with Gasteiger partial charge in [-0.25, -0.2) is 0 Å². The number of fused-ring (bicyclic) bond motifs is 3. The molecule has 0 bridgehead atoms. The Kier molecular flexibility index (Phi) is 3.65. The van der Waals surface area contributed by atoms with E-state index in [1.807, 2.05) is 42.5 Å². The first kappa shape index (κ1) is 15.0. The second-order valence-electron chi connectivity index (χ2n) is 5.89. The summed E-state index contributed by atoms with van der Waals surface area (Å²) in [4.78, 5) is 0. The lowest BCUT2D eigenvalue weighted by Crippen LogP contribution is -2.09. The zero-order valence-electron chi connectivity index (χ0n) is 13.5. The summed E-state index contributed by atoms with van der Waals surface area (Å²) in [6.45, 7) is 2.92. The maximum atomic E-state index is 6.16. The standard InChI is InChI=1S/C18H17ClN4O/c1-11-10-20-15-9-14(24-2)6-7-16(15)23-17(11)21-22-18(23)12-4-3-5-13(19)8-12/h3-9,11,20H,10H2,1-2H3/t11-/m0/s1. The van der Waals surface area contributed by atoms with Gasteiger partial charge in [0.15, 0.2) is 5.82 Å². The van der Waals surface area contributed by atoms with E-state index < -0.39 is 0 Å². The Hall–Kier alpha value is -2.53. The Morgan fingerprint density at radius 3 is 2.88 bits per heavy atom. The van der Waals surface area contributed by atoms with Crippen LogP contribution in [0.5, 0.6) is 5.75 Å². The summed E-state index contributed by atoms with van der Waals surface area (Å²) in [5.41, 5.74) is 2.95. The predicted molar refractivity (Wildman–Crippen MR) is 95.3 cm³/mol. The van der Waals surface area contributed by atoms with Gasteiger partial charge < -0.3 is 10.1 Å². The molecule has 0 saturated carbocycles. The van der Waals surface area contributed by atoms with Crippen LogP contribution in [0.15, 0.2) is 42.5 Å². The molecule has 1 aliphatic rings. The van der Waals surface area contributed by atoms with E-state index in [0.717, 1.165) is 40.9 Å². The number of methoxy groups -OCH3 is 1. The number of ether oxygens (including phenoxy) is 1. The molecule has 0 fully saturated rings. The van der Waals surface area contributed by atoms with Crippen molar-refractivity contribution in [1.29, 1.82) is 0 Å². The lowest BCUT2D eigenvalue weighted by Gasteiger charge is -2.13. The van der Waals surface area contributed by atoms with Gasteiger partial charge in [-0.3, -0.25) is 4.57 Å². The molecular formula is C18H17ClN4O. The summed E-state index contributed by atoms with van der Waals surface area (Å²) in [5, 5.41) is 13.0. The first-order valence-corrected chi connectivity index (χ1v) is 8.18. The lowest BCUT2D eigenvalue weighted by atomic mass is 10.1. The number of benzene rings is 2. The van der Waals surface area contributed by atoms with Gasteiger partial charge in [0.25, 0.3) is 0 Å². The number of anilines is 1. The van der Waals surface area contributed by atoms with Crippen molar-refractivity contribution >= 4 is 17.3 Å². The summed E-state index contributed by atoms with van der Waals surface area (Å²) >= 11 is 6.16. The van der Waals surface area contributed by atoms with Crippen molar-refractivity contribution in [1.82, 2.24) is 14.8 Å². The van der Waals surface area contributed by atoms with E-state index in [9.17, 15) is 0 Å². The van der Waals surface area contributed by atoms with E-state index in [1.165, 1.54) is 0 Å². The van der Waals surface area contributed by atoms with Gasteiger partial charge in [0, 0.05) is 29.1 Å². The van der Waals surface area contributed by atoms with Crippen molar-refractivity contribution < 1.29 is 4.74 Å². The Morgan fingerprint density at radius 2 is 2.08 bits per heavy atom. The maximum absolute atomic E-state index is 6.16. The van der Waals surface area contributed by atoms with Gasteiger partial charge in [0.05, 0.1) is 18.5 Å². The minimum absolute atomic E-state index is 0.226. The number of hydrogen-bond donors (Lipinski definition) is 1. The molecule has 6 heteroatoms. The molecule has 0 spiro atoms. The topological polar surface area (TPSA) is 52.0 Å². The molecule has 1 N–H and O–H groups in total. The Labute approximate surface area is 145 Å². The minimum atomic E-state index is 0.226. The first-order valence-electron chi connectivity index (χ1n) is 7.81. The lowest BCUT2D eigenvalue weighted by molar-refractivity contribution is 0.415. The molecule has 0 unspecified atom stereocenters. The highest BCUT2D eigenvalue weighted by Gasteiger charge is 2.25. The van der Waals surface area contributed by atoms with Crippen LogP contribution in [0.4, 0.5) is 5.69 Å². The maximum Gasteiger partial charge on any atom is 0.168 e. The molecule has 4 rings (SSSR count). The molecule has 0 saturated heterocycles. The van der Waals surface area contributed by atoms with Crippen molar-refractivity contribution in [3.63, 3.8) is 0 Å². The van der Waals surface area contributed by atoms with Gasteiger partial charge in [-0.2, -0.15) is 0 Å². The van der Waals surface area contributed by atoms with E-state index in [-0.39, 0.29) is 5.92 Å². The highest BCUT2D eigenvalue weighted by atomic mass is 35.5. The molecule has 3 aromatic rings. The van der Waals surface area contributed by atoms with Gasteiger partial charge >= 0.3 is 0 Å². The van der Waals surface area contributed by atoms with Crippen molar-refractivity contribution in [2.24, 2.45) is 0 Å². The number of hydrogen-bond acceptors (Lipinski definition) is 4. The Morgan fingerprint density at radius 1 is 1.21 bits per heavy atom. The SMILES string of the molecule is COc1ccc2c(c1)NC[C@H](C)c1nnc(-c3cccc(Cl)c3)n1-2. The van der Waals surface area contributed by atoms with Crippen LogP contribution in [-0.2, 0) is 0 Å². The van der Waals surface area contributed by atoms with Gasteiger partial charge in [0.1, 0.15) is 11.6 Å². The van der Waals surface area contributed by atoms with E-state index in [0.29, 0.717) is 5.02 Å². The molecule has 1 atom stereocenters. The smallest absolute Gasteiger partial charge is 0.168 e. The van der Waals surface area contributed by atoms with Crippen LogP contribution < -0.4 is 10.1 Å². The van der Waals surface area contributed by atoms with Gasteiger partial charge in [-0.05, 0) is 24.3 Å². The Balaban J connectivity index is 1.96. The number of rotatable bonds is 2. The average molecular weight is 341 g/mol. The van der Waals surface area contributed by atoms with Crippen LogP contribution in [0.25, 0.3) is 17.1 Å². The molecule has 0 radical (unpaired) electrons. The van der Waals surface area contributed by atoms with Crippen LogP contribution in [0, 0.1) is 0 Å². The minimum Gasteiger partial charge on any atom is -0.497 e. The van der Waals surface area contributed by atoms with Crippen LogP contribution in [0.1, 0.15) is 18.7 Å². The fraction of sp³-hybridized carbons (Fsp3) is 0.222. The molecule has 0 amide bonds. The number of nitrogens with one attached hydrogen (secondary N) is 1. The van der Waals surface area contributed by atoms with E-state index in [4.69, 9.17) is 16.3 Å². The first-order chi connectivity index (χ1) is 11.7. The van der Waals surface area contributed by atoms with Crippen molar-refractivity contribution in [2.75, 3.05) is 19.0 Å². The fourth-order valence-electron chi connectivity index (χ4n) is 3.00.